The number of hydrogen-bond donors (Lipinski definition) is 0. The minimum Gasteiger partial charge on any atom is -0.379 e. The van der Waals surface area contributed by atoms with Gasteiger partial charge >= 0.3 is 0 Å². The van der Waals surface area contributed by atoms with Gasteiger partial charge < -0.3 is 28.4 Å². The van der Waals surface area contributed by atoms with Gasteiger partial charge in [0.1, 0.15) is 24.3 Å². The van der Waals surface area contributed by atoms with Crippen LogP contribution in [-0.4, -0.2) is 114 Å². The largest absolute Gasteiger partial charge is 0.379 e. The van der Waals surface area contributed by atoms with Crippen LogP contribution in [0.5, 0.6) is 0 Å². The summed E-state index contributed by atoms with van der Waals surface area (Å²) in [5.41, 5.74) is 12.4. The van der Waals surface area contributed by atoms with Gasteiger partial charge in [0.25, 0.3) is 11.8 Å². The molecule has 8 aliphatic rings. The van der Waals surface area contributed by atoms with E-state index >= 15 is 0 Å². The highest BCUT2D eigenvalue weighted by molar-refractivity contribution is 6.11. The number of fused-ring (bicyclic) bond motifs is 2. The maximum atomic E-state index is 14.0. The molecule has 2 aliphatic carbocycles. The van der Waals surface area contributed by atoms with Crippen LogP contribution in [-0.2, 0) is 60.3 Å². The third-order valence-electron chi connectivity index (χ3n) is 18.8. The summed E-state index contributed by atoms with van der Waals surface area (Å²) in [5.74, 6) is 4.48. The van der Waals surface area contributed by atoms with E-state index < -0.39 is 0 Å². The molecule has 4 atom stereocenters. The Morgan fingerprint density at radius 1 is 0.590 bits per heavy atom. The van der Waals surface area contributed by atoms with Crippen molar-refractivity contribution in [2.24, 2.45) is 25.9 Å². The number of aromatic nitrogens is 8. The van der Waals surface area contributed by atoms with E-state index in [1.165, 1.54) is 62.5 Å². The SMILES string of the molecule is C[C@H]1CCCN([C@@H](C)c2cc3c(c(C4CC4)n2)CN(c2cccc(C4(Cc5nncn5C)COC4)c2)C3=O)C1.C[C@H]1CCCN([C@H](C)c2cc3c(c(C4CC4)n2)CN(c2cccc(C4(Cc5nncn5C)COC4)c2)C3=O)C1. The van der Waals surface area contributed by atoms with Gasteiger partial charge in [0.15, 0.2) is 0 Å². The van der Waals surface area contributed by atoms with Gasteiger partial charge in [0.2, 0.25) is 0 Å². The van der Waals surface area contributed by atoms with Crippen LogP contribution < -0.4 is 9.80 Å². The van der Waals surface area contributed by atoms with E-state index in [4.69, 9.17) is 19.4 Å². The van der Waals surface area contributed by atoms with Gasteiger partial charge in [-0.1, -0.05) is 38.1 Å². The fraction of sp³-hybridized carbons (Fsp3) is 0.548. The second-order valence-electron chi connectivity index (χ2n) is 24.8. The van der Waals surface area contributed by atoms with Gasteiger partial charge in [-0.05, 0) is 138 Å². The highest BCUT2D eigenvalue weighted by Gasteiger charge is 2.45. The molecule has 6 fully saturated rings. The molecule has 4 aromatic heterocycles. The van der Waals surface area contributed by atoms with Crippen LogP contribution >= 0.6 is 0 Å². The van der Waals surface area contributed by atoms with E-state index in [2.05, 4.69) is 119 Å². The van der Waals surface area contributed by atoms with E-state index in [9.17, 15) is 9.59 Å². The van der Waals surface area contributed by atoms with Gasteiger partial charge in [-0.3, -0.25) is 29.4 Å². The van der Waals surface area contributed by atoms with Crippen molar-refractivity contribution in [1.29, 1.82) is 0 Å². The van der Waals surface area contributed by atoms with Crippen LogP contribution in [0.3, 0.4) is 0 Å². The number of carbonyl (C=O) groups excluding carboxylic acids is 2. The number of anilines is 2. The van der Waals surface area contributed by atoms with Gasteiger partial charge in [-0.15, -0.1) is 20.4 Å². The van der Waals surface area contributed by atoms with Crippen LogP contribution in [0.1, 0.15) is 180 Å². The van der Waals surface area contributed by atoms with Crippen molar-refractivity contribution in [2.75, 3.05) is 62.4 Å². The Morgan fingerprint density at radius 3 is 1.36 bits per heavy atom. The fourth-order valence-corrected chi connectivity index (χ4v) is 13.4. The molecule has 2 amide bonds. The number of rotatable bonds is 14. The lowest BCUT2D eigenvalue weighted by Crippen LogP contribution is -2.49. The molecule has 0 N–H and O–H groups in total. The van der Waals surface area contributed by atoms with Crippen molar-refractivity contribution in [2.45, 2.75) is 140 Å². The lowest BCUT2D eigenvalue weighted by molar-refractivity contribution is -0.0611. The summed E-state index contributed by atoms with van der Waals surface area (Å²) in [4.78, 5) is 47.5. The molecule has 78 heavy (non-hydrogen) atoms. The predicted octanol–water partition coefficient (Wildman–Crippen LogP) is 9.10. The molecule has 408 valence electrons. The molecule has 0 bridgehead atoms. The molecule has 2 aromatic carbocycles. The van der Waals surface area contributed by atoms with Crippen LogP contribution in [0.4, 0.5) is 11.4 Å². The van der Waals surface area contributed by atoms with Crippen LogP contribution in [0.25, 0.3) is 0 Å². The molecular weight excluding hydrogens is 977 g/mol. The molecule has 16 nitrogen and oxygen atoms in total. The number of ether oxygens (including phenoxy) is 2. The van der Waals surface area contributed by atoms with Crippen molar-refractivity contribution in [3.63, 3.8) is 0 Å². The molecule has 2 saturated carbocycles. The van der Waals surface area contributed by atoms with Crippen molar-refractivity contribution in [1.82, 2.24) is 49.3 Å². The highest BCUT2D eigenvalue weighted by Crippen LogP contribution is 2.48. The normalized spacial score (nSPS) is 23.5. The molecule has 16 heteroatoms. The first-order valence-electron chi connectivity index (χ1n) is 29.1. The van der Waals surface area contributed by atoms with Crippen molar-refractivity contribution in [3.05, 3.63) is 141 Å². The van der Waals surface area contributed by atoms with Gasteiger partial charge in [0.05, 0.1) is 50.9 Å². The zero-order valence-electron chi connectivity index (χ0n) is 46.5. The van der Waals surface area contributed by atoms with Crippen LogP contribution in [0, 0.1) is 11.8 Å². The van der Waals surface area contributed by atoms with Crippen molar-refractivity contribution in [3.8, 4) is 0 Å². The summed E-state index contributed by atoms with van der Waals surface area (Å²) >= 11 is 0. The summed E-state index contributed by atoms with van der Waals surface area (Å²) in [5, 5.41) is 16.8. The van der Waals surface area contributed by atoms with E-state index in [1.807, 2.05) is 33.0 Å². The third-order valence-corrected chi connectivity index (χ3v) is 18.8. The van der Waals surface area contributed by atoms with E-state index in [0.29, 0.717) is 63.2 Å². The lowest BCUT2D eigenvalue weighted by atomic mass is 9.75. The Morgan fingerprint density at radius 2 is 1.01 bits per heavy atom. The smallest absolute Gasteiger partial charge is 0.259 e. The number of benzene rings is 2. The minimum absolute atomic E-state index is 0.0964. The lowest BCUT2D eigenvalue weighted by Gasteiger charge is -2.42. The highest BCUT2D eigenvalue weighted by atomic mass is 16.5. The van der Waals surface area contributed by atoms with Gasteiger partial charge in [0, 0.05) is 120 Å². The molecule has 14 rings (SSSR count). The molecule has 4 saturated heterocycles. The number of pyridine rings is 2. The monoisotopic (exact) mass is 1050 g/mol. The first kappa shape index (κ1) is 51.3. The number of carbonyl (C=O) groups is 2. The van der Waals surface area contributed by atoms with Gasteiger partial charge in [-0.25, -0.2) is 0 Å². The first-order valence-corrected chi connectivity index (χ1v) is 29.1. The summed E-state index contributed by atoms with van der Waals surface area (Å²) < 4.78 is 15.4. The topological polar surface area (TPSA) is 153 Å². The molecule has 6 aliphatic heterocycles. The Kier molecular flexibility index (Phi) is 13.5. The number of piperidine rings is 2. The van der Waals surface area contributed by atoms with Gasteiger partial charge in [-0.2, -0.15) is 0 Å². The van der Waals surface area contributed by atoms with E-state index in [1.54, 1.807) is 12.7 Å². The van der Waals surface area contributed by atoms with Crippen LogP contribution in [0.15, 0.2) is 73.3 Å². The molecule has 0 spiro atoms. The Balaban J connectivity index is 0.000000148. The number of aryl methyl sites for hydroxylation is 2. The number of likely N-dealkylation sites (tertiary alicyclic amines) is 2. The Hall–Kier alpha value is -6.20. The average molecular weight is 1050 g/mol. The average Bonchev–Trinajstić information content (AvgIpc) is 4.49. The molecule has 0 radical (unpaired) electrons. The zero-order chi connectivity index (χ0) is 53.5. The van der Waals surface area contributed by atoms with E-state index in [0.717, 1.165) is 107 Å². The second-order valence-corrected chi connectivity index (χ2v) is 24.8. The minimum atomic E-state index is -0.151. The zero-order valence-corrected chi connectivity index (χ0v) is 46.5. The summed E-state index contributed by atoms with van der Waals surface area (Å²) in [6.07, 6.45) is 14.8. The third kappa shape index (κ3) is 9.57. The summed E-state index contributed by atoms with van der Waals surface area (Å²) in [6.45, 7) is 17.4. The maximum Gasteiger partial charge on any atom is 0.259 e. The predicted molar refractivity (Wildman–Crippen MR) is 298 cm³/mol. The first-order chi connectivity index (χ1) is 37.8. The Labute approximate surface area is 458 Å². The number of nitrogens with zero attached hydrogens (tertiary/aromatic N) is 12. The number of amides is 2. The molecule has 10 heterocycles. The standard InChI is InChI=1S/2C31H38N6O2/c2*1-20-6-5-11-36(15-20)21(2)27-13-25-26(29(33-27)22-9-10-22)16-37(30(25)38)24-8-4-7-23(12-24)31(17-39-18-31)14-28-34-32-19-35(28)3/h2*4,7-8,12-13,19-22H,5-6,9-11,14-18H2,1-3H3/t20-,21+;20-,21-/m00/s1. The summed E-state index contributed by atoms with van der Waals surface area (Å²) in [7, 11) is 3.96. The molecule has 6 aromatic rings. The van der Waals surface area contributed by atoms with Crippen molar-refractivity contribution >= 4 is 23.2 Å². The van der Waals surface area contributed by atoms with Crippen molar-refractivity contribution < 1.29 is 19.1 Å². The Bertz CT molecular complexity index is 3030. The summed E-state index contributed by atoms with van der Waals surface area (Å²) in [6, 6.07) is 21.6. The maximum absolute atomic E-state index is 14.0. The second kappa shape index (κ2) is 20.5. The van der Waals surface area contributed by atoms with E-state index in [-0.39, 0.29) is 34.7 Å². The van der Waals surface area contributed by atoms with Crippen LogP contribution in [0.2, 0.25) is 0 Å². The quantitative estimate of drug-likeness (QED) is 0.102. The number of hydrogen-bond acceptors (Lipinski definition) is 12. The molecule has 0 unspecified atom stereocenters. The fourth-order valence-electron chi connectivity index (χ4n) is 13.4. The molecular formula is C62H76N12O4.